The van der Waals surface area contributed by atoms with Crippen LogP contribution in [0, 0.1) is 6.92 Å². The molecule has 8 heteroatoms. The molecule has 0 aliphatic carbocycles. The maximum atomic E-state index is 13.4. The van der Waals surface area contributed by atoms with Crippen molar-refractivity contribution in [1.82, 2.24) is 10.2 Å². The van der Waals surface area contributed by atoms with E-state index >= 15 is 0 Å². The molecule has 0 radical (unpaired) electrons. The van der Waals surface area contributed by atoms with Gasteiger partial charge in [0.05, 0.1) is 6.17 Å². The van der Waals surface area contributed by atoms with E-state index in [2.05, 4.69) is 34.3 Å². The van der Waals surface area contributed by atoms with E-state index in [9.17, 15) is 9.59 Å². The summed E-state index contributed by atoms with van der Waals surface area (Å²) in [7, 11) is 0. The monoisotopic (exact) mass is 507 g/mol. The number of carbonyl (C=O) groups is 2. The van der Waals surface area contributed by atoms with Gasteiger partial charge in [-0.05, 0) is 83.8 Å². The van der Waals surface area contributed by atoms with Crippen molar-refractivity contribution in [2.45, 2.75) is 59.2 Å². The highest BCUT2D eigenvalue weighted by molar-refractivity contribution is 6.06. The smallest absolute Gasteiger partial charge is 0.410 e. The zero-order valence-electron chi connectivity index (χ0n) is 22.8. The molecule has 0 spiro atoms. The predicted octanol–water partition coefficient (Wildman–Crippen LogP) is 4.84. The quantitative estimate of drug-likeness (QED) is 0.583. The van der Waals surface area contributed by atoms with Crippen LogP contribution in [0.5, 0.6) is 0 Å². The van der Waals surface area contributed by atoms with Crippen LogP contribution in [0.1, 0.15) is 56.5 Å². The number of carbonyl (C=O) groups excluding carboxylic acids is 2. The molecule has 2 heterocycles. The summed E-state index contributed by atoms with van der Waals surface area (Å²) in [5.74, 6) is -0.128. The van der Waals surface area contributed by atoms with E-state index in [1.54, 1.807) is 4.90 Å². The molecule has 2 aliphatic rings. The van der Waals surface area contributed by atoms with Crippen molar-refractivity contribution in [3.63, 3.8) is 0 Å². The van der Waals surface area contributed by atoms with Gasteiger partial charge in [0.1, 0.15) is 5.60 Å². The predicted molar refractivity (Wildman–Crippen MR) is 150 cm³/mol. The Morgan fingerprint density at radius 2 is 1.81 bits per heavy atom. The molecule has 1 atom stereocenters. The van der Waals surface area contributed by atoms with E-state index in [4.69, 9.17) is 4.74 Å². The Hall–Kier alpha value is -3.26. The minimum absolute atomic E-state index is 0.128. The Kier molecular flexibility index (Phi) is 8.27. The van der Waals surface area contributed by atoms with Crippen molar-refractivity contribution in [2.75, 3.05) is 54.4 Å². The van der Waals surface area contributed by atoms with Gasteiger partial charge < -0.3 is 24.8 Å². The molecule has 2 aliphatic heterocycles. The average molecular weight is 508 g/mol. The second-order valence-corrected chi connectivity index (χ2v) is 10.8. The summed E-state index contributed by atoms with van der Waals surface area (Å²) in [5, 5.41) is 6.66. The Balaban J connectivity index is 1.62. The second-order valence-electron chi connectivity index (χ2n) is 10.8. The highest BCUT2D eigenvalue weighted by Gasteiger charge is 2.29. The molecule has 1 unspecified atom stereocenters. The lowest BCUT2D eigenvalue weighted by molar-refractivity contribution is 0.0240. The Morgan fingerprint density at radius 3 is 2.41 bits per heavy atom. The molecule has 2 fully saturated rings. The van der Waals surface area contributed by atoms with Gasteiger partial charge in [-0.25, -0.2) is 4.79 Å². The fraction of sp³-hybridized carbons (Fsp3) is 0.517. The fourth-order valence-electron chi connectivity index (χ4n) is 5.11. The van der Waals surface area contributed by atoms with Crippen LogP contribution in [0.4, 0.5) is 21.9 Å². The van der Waals surface area contributed by atoms with Gasteiger partial charge in [0.2, 0.25) is 0 Å². The van der Waals surface area contributed by atoms with Crippen LogP contribution in [0.25, 0.3) is 0 Å². The van der Waals surface area contributed by atoms with E-state index in [0.717, 1.165) is 48.6 Å². The number of hydrogen-bond acceptors (Lipinski definition) is 6. The zero-order chi connectivity index (χ0) is 26.6. The number of nitrogens with one attached hydrogen (secondary N) is 2. The molecule has 37 heavy (non-hydrogen) atoms. The van der Waals surface area contributed by atoms with Crippen LogP contribution >= 0.6 is 0 Å². The highest BCUT2D eigenvalue weighted by atomic mass is 16.6. The number of benzene rings is 2. The summed E-state index contributed by atoms with van der Waals surface area (Å²) in [6.07, 6.45) is 2.21. The van der Waals surface area contributed by atoms with Crippen LogP contribution in [0.3, 0.4) is 0 Å². The molecular weight excluding hydrogens is 466 g/mol. The van der Waals surface area contributed by atoms with Gasteiger partial charge in [-0.1, -0.05) is 18.2 Å². The molecule has 2 aromatic carbocycles. The lowest BCUT2D eigenvalue weighted by Gasteiger charge is -2.39. The first-order valence-corrected chi connectivity index (χ1v) is 13.4. The van der Waals surface area contributed by atoms with Crippen molar-refractivity contribution in [3.05, 3.63) is 53.6 Å². The molecule has 2 N–H and O–H groups in total. The Labute approximate surface area is 220 Å². The Morgan fingerprint density at radius 1 is 1.11 bits per heavy atom. The largest absolute Gasteiger partial charge is 0.444 e. The third-order valence-electron chi connectivity index (χ3n) is 6.98. The summed E-state index contributed by atoms with van der Waals surface area (Å²) >= 11 is 0. The van der Waals surface area contributed by atoms with Crippen molar-refractivity contribution >= 4 is 29.1 Å². The van der Waals surface area contributed by atoms with E-state index in [1.165, 1.54) is 0 Å². The van der Waals surface area contributed by atoms with Crippen molar-refractivity contribution in [3.8, 4) is 0 Å². The summed E-state index contributed by atoms with van der Waals surface area (Å²) in [5.41, 5.74) is 4.15. The maximum Gasteiger partial charge on any atom is 0.410 e. The van der Waals surface area contributed by atoms with E-state index < -0.39 is 5.60 Å². The molecule has 2 aromatic rings. The first-order chi connectivity index (χ1) is 17.7. The number of amides is 2. The lowest BCUT2D eigenvalue weighted by Crippen LogP contribution is -2.50. The molecule has 0 bridgehead atoms. The number of ether oxygens (including phenoxy) is 1. The molecule has 2 saturated heterocycles. The first-order valence-electron chi connectivity index (χ1n) is 13.4. The van der Waals surface area contributed by atoms with Crippen molar-refractivity contribution in [2.24, 2.45) is 0 Å². The SMILES string of the molecule is CCN(c1cc(C(=O)Nc2ccccc2)cc(N2CCN(C(=O)OC(C)(C)C)CC2)c1C)C1CCCN1. The first kappa shape index (κ1) is 26.8. The second kappa shape index (κ2) is 11.4. The van der Waals surface area contributed by atoms with E-state index in [1.807, 2.05) is 63.2 Å². The van der Waals surface area contributed by atoms with Crippen molar-refractivity contribution in [1.29, 1.82) is 0 Å². The molecule has 4 rings (SSSR count). The van der Waals surface area contributed by atoms with Crippen LogP contribution in [-0.2, 0) is 4.74 Å². The molecule has 200 valence electrons. The minimum Gasteiger partial charge on any atom is -0.444 e. The molecule has 2 amide bonds. The topological polar surface area (TPSA) is 77.2 Å². The van der Waals surface area contributed by atoms with Crippen LogP contribution in [0.2, 0.25) is 0 Å². The van der Waals surface area contributed by atoms with Gasteiger partial charge in [-0.3, -0.25) is 10.1 Å². The summed E-state index contributed by atoms with van der Waals surface area (Å²) in [6.45, 7) is 14.3. The summed E-state index contributed by atoms with van der Waals surface area (Å²) in [6, 6.07) is 13.6. The third-order valence-corrected chi connectivity index (χ3v) is 6.98. The summed E-state index contributed by atoms with van der Waals surface area (Å²) in [4.78, 5) is 32.4. The van der Waals surface area contributed by atoms with Crippen LogP contribution < -0.4 is 20.4 Å². The highest BCUT2D eigenvalue weighted by Crippen LogP contribution is 2.34. The third kappa shape index (κ3) is 6.55. The van der Waals surface area contributed by atoms with Gasteiger partial charge in [0.15, 0.2) is 0 Å². The van der Waals surface area contributed by atoms with Gasteiger partial charge in [0.25, 0.3) is 5.91 Å². The average Bonchev–Trinajstić information content (AvgIpc) is 3.40. The van der Waals surface area contributed by atoms with Gasteiger partial charge in [0, 0.05) is 55.3 Å². The van der Waals surface area contributed by atoms with Crippen LogP contribution in [0.15, 0.2) is 42.5 Å². The van der Waals surface area contributed by atoms with Crippen LogP contribution in [-0.4, -0.2) is 67.9 Å². The normalized spacial score (nSPS) is 18.0. The number of hydrogen-bond donors (Lipinski definition) is 2. The number of para-hydroxylation sites is 1. The minimum atomic E-state index is -0.516. The molecule has 8 nitrogen and oxygen atoms in total. The lowest BCUT2D eigenvalue weighted by atomic mass is 10.0. The zero-order valence-corrected chi connectivity index (χ0v) is 22.8. The maximum absolute atomic E-state index is 13.4. The number of rotatable bonds is 6. The van der Waals surface area contributed by atoms with Crippen molar-refractivity contribution < 1.29 is 14.3 Å². The summed E-state index contributed by atoms with van der Waals surface area (Å²) < 4.78 is 5.57. The number of anilines is 3. The Bertz CT molecular complexity index is 1080. The standard InChI is InChI=1S/C29H41N5O3/c1-6-34(26-13-10-14-30-26)25-20-22(27(35)31-23-11-8-7-9-12-23)19-24(21(25)2)32-15-17-33(18-16-32)28(36)37-29(3,4)5/h7-9,11-12,19-20,26,30H,6,10,13-18H2,1-5H3,(H,31,35). The van der Waals surface area contributed by atoms with Gasteiger partial charge in [-0.2, -0.15) is 0 Å². The number of nitrogens with zero attached hydrogens (tertiary/aromatic N) is 3. The van der Waals surface area contributed by atoms with Gasteiger partial charge >= 0.3 is 6.09 Å². The molecule has 0 aromatic heterocycles. The molecular formula is C29H41N5O3. The fourth-order valence-corrected chi connectivity index (χ4v) is 5.11. The number of piperazine rings is 1. The van der Waals surface area contributed by atoms with Gasteiger partial charge in [-0.15, -0.1) is 0 Å². The van der Waals surface area contributed by atoms with E-state index in [-0.39, 0.29) is 18.2 Å². The van der Waals surface area contributed by atoms with E-state index in [0.29, 0.717) is 31.7 Å². The molecule has 0 saturated carbocycles.